The topological polar surface area (TPSA) is 80.3 Å². The van der Waals surface area contributed by atoms with E-state index in [1.165, 1.54) is 12.8 Å². The van der Waals surface area contributed by atoms with E-state index in [9.17, 15) is 5.26 Å². The van der Waals surface area contributed by atoms with Crippen LogP contribution in [0.3, 0.4) is 0 Å². The number of rotatable bonds is 8. The number of thioether (sulfide) groups is 2. The molecule has 0 radical (unpaired) electrons. The van der Waals surface area contributed by atoms with Crippen LogP contribution >= 0.6 is 23.5 Å². The fourth-order valence-electron chi connectivity index (χ4n) is 2.43. The number of unbranched alkanes of at least 4 members (excludes halogenated alkanes) is 1. The zero-order valence-electron chi connectivity index (χ0n) is 15.3. The fraction of sp³-hybridized carbons (Fsp3) is 0.316. The lowest BCUT2D eigenvalue weighted by atomic mass is 10.2. The Labute approximate surface area is 167 Å². The lowest BCUT2D eigenvalue weighted by Crippen LogP contribution is -2.03. The lowest BCUT2D eigenvalue weighted by Gasteiger charge is -2.11. The third-order valence-corrected chi connectivity index (χ3v) is 6.15. The van der Waals surface area contributed by atoms with E-state index in [0.29, 0.717) is 27.9 Å². The summed E-state index contributed by atoms with van der Waals surface area (Å²) in [5.74, 6) is 2.32. The van der Waals surface area contributed by atoms with Crippen LogP contribution in [0.2, 0.25) is 0 Å². The maximum Gasteiger partial charge on any atom is 0.162 e. The summed E-state index contributed by atoms with van der Waals surface area (Å²) in [6.45, 7) is 2.19. The molecule has 0 bridgehead atoms. The Morgan fingerprint density at radius 3 is 2.81 bits per heavy atom. The van der Waals surface area contributed by atoms with E-state index in [1.54, 1.807) is 30.4 Å². The van der Waals surface area contributed by atoms with Crippen molar-refractivity contribution in [2.75, 3.05) is 10.8 Å². The summed E-state index contributed by atoms with van der Waals surface area (Å²) in [4.78, 5) is 17.9. The second-order valence-electron chi connectivity index (χ2n) is 5.82. The van der Waals surface area contributed by atoms with Crippen LogP contribution in [0.25, 0.3) is 22.9 Å². The van der Waals surface area contributed by atoms with Gasteiger partial charge in [0.05, 0.1) is 0 Å². The average Bonchev–Trinajstić information content (AvgIpc) is 3.13. The monoisotopic (exact) mass is 396 g/mol. The molecule has 3 aromatic rings. The van der Waals surface area contributed by atoms with Gasteiger partial charge >= 0.3 is 0 Å². The van der Waals surface area contributed by atoms with Crippen LogP contribution in [0, 0.1) is 11.3 Å². The fourth-order valence-corrected chi connectivity index (χ4v) is 4.61. The number of aryl methyl sites for hydroxylation is 1. The van der Waals surface area contributed by atoms with Gasteiger partial charge in [-0.3, -0.25) is 4.98 Å². The summed E-state index contributed by atoms with van der Waals surface area (Å²) in [6, 6.07) is 6.06. The molecule has 6 nitrogen and oxygen atoms in total. The van der Waals surface area contributed by atoms with E-state index in [4.69, 9.17) is 0 Å². The minimum absolute atomic E-state index is 0.470. The van der Waals surface area contributed by atoms with Crippen LogP contribution in [-0.2, 0) is 7.05 Å². The van der Waals surface area contributed by atoms with Crippen molar-refractivity contribution in [3.05, 3.63) is 42.5 Å². The second-order valence-corrected chi connectivity index (χ2v) is 8.25. The summed E-state index contributed by atoms with van der Waals surface area (Å²) >= 11 is 3.44. The van der Waals surface area contributed by atoms with Gasteiger partial charge in [-0.05, 0) is 24.3 Å². The molecule has 0 atom stereocenters. The molecule has 0 unspecified atom stereocenters. The van der Waals surface area contributed by atoms with Crippen LogP contribution in [-0.4, -0.2) is 35.3 Å². The van der Waals surface area contributed by atoms with Crippen molar-refractivity contribution in [1.82, 2.24) is 24.5 Å². The highest BCUT2D eigenvalue weighted by molar-refractivity contribution is 8.15. The second kappa shape index (κ2) is 9.53. The van der Waals surface area contributed by atoms with Gasteiger partial charge in [-0.15, -0.1) is 0 Å². The Morgan fingerprint density at radius 1 is 1.26 bits per heavy atom. The van der Waals surface area contributed by atoms with Gasteiger partial charge in [-0.2, -0.15) is 17.0 Å². The predicted octanol–water partition coefficient (Wildman–Crippen LogP) is 4.39. The maximum absolute atomic E-state index is 9.79. The zero-order chi connectivity index (χ0) is 19.1. The van der Waals surface area contributed by atoms with Crippen molar-refractivity contribution in [3.8, 4) is 29.0 Å². The molecule has 0 saturated heterocycles. The van der Waals surface area contributed by atoms with Gasteiger partial charge in [0.15, 0.2) is 11.6 Å². The number of aromatic nitrogens is 5. The first-order valence-electron chi connectivity index (χ1n) is 8.65. The third-order valence-electron chi connectivity index (χ3n) is 3.86. The molecule has 0 spiro atoms. The zero-order valence-corrected chi connectivity index (χ0v) is 16.9. The molecule has 0 fully saturated rings. The highest BCUT2D eigenvalue weighted by atomic mass is 32.2. The van der Waals surface area contributed by atoms with Crippen LogP contribution in [0.1, 0.15) is 25.3 Å². The molecule has 27 heavy (non-hydrogen) atoms. The molecule has 0 N–H and O–H groups in total. The average molecular weight is 397 g/mol. The normalized spacial score (nSPS) is 10.7. The molecule has 8 heteroatoms. The van der Waals surface area contributed by atoms with Crippen molar-refractivity contribution in [1.29, 1.82) is 5.26 Å². The van der Waals surface area contributed by atoms with E-state index >= 15 is 0 Å². The molecule has 0 aromatic carbocycles. The predicted molar refractivity (Wildman–Crippen MR) is 110 cm³/mol. The summed E-state index contributed by atoms with van der Waals surface area (Å²) in [5.41, 5.74) is 1.84. The number of hydrogen-bond donors (Lipinski definition) is 0. The van der Waals surface area contributed by atoms with Crippen molar-refractivity contribution in [2.24, 2.45) is 7.05 Å². The van der Waals surface area contributed by atoms with Gasteiger partial charge in [-0.1, -0.05) is 25.1 Å². The van der Waals surface area contributed by atoms with Gasteiger partial charge < -0.3 is 4.57 Å². The first-order valence-corrected chi connectivity index (χ1v) is 10.8. The van der Waals surface area contributed by atoms with Gasteiger partial charge in [0.2, 0.25) is 0 Å². The first kappa shape index (κ1) is 19.4. The Morgan fingerprint density at radius 2 is 2.15 bits per heavy atom. The quantitative estimate of drug-likeness (QED) is 0.242. The Balaban J connectivity index is 2.02. The van der Waals surface area contributed by atoms with Gasteiger partial charge in [0, 0.05) is 42.5 Å². The highest BCUT2D eigenvalue weighted by Crippen LogP contribution is 2.32. The molecular weight excluding hydrogens is 376 g/mol. The lowest BCUT2D eigenvalue weighted by molar-refractivity contribution is 0.897. The molecule has 0 aliphatic heterocycles. The van der Waals surface area contributed by atoms with Crippen molar-refractivity contribution in [3.63, 3.8) is 0 Å². The highest BCUT2D eigenvalue weighted by Gasteiger charge is 2.20. The molecule has 3 aromatic heterocycles. The standard InChI is InChI=1S/C19H20N6S2/c1-3-4-10-26-13-27-19-15(11-20)16(18-22-8-9-25(18)2)23-17(24-19)14-6-5-7-21-12-14/h5-9,12H,3-4,10,13H2,1-2H3. The van der Waals surface area contributed by atoms with E-state index in [0.717, 1.165) is 16.4 Å². The third kappa shape index (κ3) is 4.67. The van der Waals surface area contributed by atoms with Crippen LogP contribution < -0.4 is 0 Å². The molecule has 3 rings (SSSR count). The van der Waals surface area contributed by atoms with Gasteiger partial charge in [0.25, 0.3) is 0 Å². The number of hydrogen-bond acceptors (Lipinski definition) is 7. The summed E-state index contributed by atoms with van der Waals surface area (Å²) < 4.78 is 1.86. The summed E-state index contributed by atoms with van der Waals surface area (Å²) in [6.07, 6.45) is 9.37. The van der Waals surface area contributed by atoms with E-state index < -0.39 is 0 Å². The largest absolute Gasteiger partial charge is 0.333 e. The molecule has 3 heterocycles. The number of nitrogens with zero attached hydrogens (tertiary/aromatic N) is 6. The Bertz CT molecular complexity index is 933. The molecule has 0 amide bonds. The SMILES string of the molecule is CCCCSCSc1nc(-c2cccnc2)nc(-c2nccn2C)c1C#N. The summed E-state index contributed by atoms with van der Waals surface area (Å²) in [7, 11) is 1.89. The Kier molecular flexibility index (Phi) is 6.85. The molecule has 0 saturated carbocycles. The van der Waals surface area contributed by atoms with Crippen molar-refractivity contribution >= 4 is 23.5 Å². The minimum Gasteiger partial charge on any atom is -0.333 e. The van der Waals surface area contributed by atoms with Crippen LogP contribution in [0.4, 0.5) is 0 Å². The summed E-state index contributed by atoms with van der Waals surface area (Å²) in [5, 5.41) is 11.3. The number of pyridine rings is 1. The van der Waals surface area contributed by atoms with Crippen LogP contribution in [0.5, 0.6) is 0 Å². The molecule has 0 aliphatic rings. The van der Waals surface area contributed by atoms with Gasteiger partial charge in [0.1, 0.15) is 22.4 Å². The smallest absolute Gasteiger partial charge is 0.162 e. The molecular formula is C19H20N6S2. The number of nitriles is 1. The minimum atomic E-state index is 0.470. The van der Waals surface area contributed by atoms with Crippen molar-refractivity contribution in [2.45, 2.75) is 24.8 Å². The van der Waals surface area contributed by atoms with Crippen LogP contribution in [0.15, 0.2) is 41.9 Å². The first-order chi connectivity index (χ1) is 13.2. The molecule has 138 valence electrons. The Hall–Kier alpha value is -2.37. The van der Waals surface area contributed by atoms with E-state index in [2.05, 4.69) is 32.9 Å². The van der Waals surface area contributed by atoms with Crippen molar-refractivity contribution < 1.29 is 0 Å². The number of imidazole rings is 1. The maximum atomic E-state index is 9.79. The van der Waals surface area contributed by atoms with Gasteiger partial charge in [-0.25, -0.2) is 15.0 Å². The van der Waals surface area contributed by atoms with E-state index in [1.807, 2.05) is 41.7 Å². The van der Waals surface area contributed by atoms with E-state index in [-0.39, 0.29) is 0 Å². The molecule has 0 aliphatic carbocycles.